The number of piperidine rings is 1. The van der Waals surface area contributed by atoms with Crippen molar-refractivity contribution in [2.45, 2.75) is 19.8 Å². The van der Waals surface area contributed by atoms with E-state index < -0.39 is 0 Å². The van der Waals surface area contributed by atoms with Crippen molar-refractivity contribution in [1.82, 2.24) is 10.3 Å². The second-order valence-corrected chi connectivity index (χ2v) is 6.26. The quantitative estimate of drug-likeness (QED) is 0.929. The summed E-state index contributed by atoms with van der Waals surface area (Å²) in [4.78, 5) is 4.43. The summed E-state index contributed by atoms with van der Waals surface area (Å²) in [5, 5.41) is 5.67. The minimum Gasteiger partial charge on any atom is -0.477 e. The van der Waals surface area contributed by atoms with Gasteiger partial charge in [-0.15, -0.1) is 0 Å². The van der Waals surface area contributed by atoms with Crippen molar-refractivity contribution in [1.29, 1.82) is 0 Å². The maximum Gasteiger partial charge on any atom is 0.222 e. The Morgan fingerprint density at radius 2 is 2.10 bits per heavy atom. The van der Waals surface area contributed by atoms with Crippen LogP contribution in [0.3, 0.4) is 0 Å². The first kappa shape index (κ1) is 13.8. The van der Waals surface area contributed by atoms with Gasteiger partial charge >= 0.3 is 0 Å². The lowest BCUT2D eigenvalue weighted by Gasteiger charge is -2.22. The van der Waals surface area contributed by atoms with Crippen LogP contribution in [0, 0.1) is 12.8 Å². The van der Waals surface area contributed by atoms with E-state index in [2.05, 4.69) is 45.3 Å². The maximum atomic E-state index is 6.03. The van der Waals surface area contributed by atoms with E-state index in [0.29, 0.717) is 5.92 Å². The van der Waals surface area contributed by atoms with Gasteiger partial charge < -0.3 is 10.1 Å². The van der Waals surface area contributed by atoms with Gasteiger partial charge in [0.05, 0.1) is 12.0 Å². The molecule has 3 nitrogen and oxygen atoms in total. The van der Waals surface area contributed by atoms with E-state index in [-0.39, 0.29) is 0 Å². The number of halogens is 1. The number of pyridine rings is 1. The number of hydrogen-bond donors (Lipinski definition) is 1. The van der Waals surface area contributed by atoms with Gasteiger partial charge in [0, 0.05) is 10.7 Å². The Morgan fingerprint density at radius 3 is 2.90 bits per heavy atom. The molecule has 20 heavy (non-hydrogen) atoms. The average molecular weight is 335 g/mol. The Balaban J connectivity index is 1.85. The second-order valence-electron chi connectivity index (χ2n) is 5.41. The summed E-state index contributed by atoms with van der Waals surface area (Å²) in [5.41, 5.74) is 1.25. The van der Waals surface area contributed by atoms with Gasteiger partial charge in [0.15, 0.2) is 0 Å². The van der Waals surface area contributed by atoms with Crippen LogP contribution >= 0.6 is 15.9 Å². The average Bonchev–Trinajstić information content (AvgIpc) is 2.50. The van der Waals surface area contributed by atoms with Crippen molar-refractivity contribution in [2.24, 2.45) is 5.92 Å². The van der Waals surface area contributed by atoms with Gasteiger partial charge in [0.25, 0.3) is 0 Å². The minimum absolute atomic E-state index is 0.636. The van der Waals surface area contributed by atoms with Crippen LogP contribution in [0.15, 0.2) is 28.9 Å². The van der Waals surface area contributed by atoms with Crippen molar-refractivity contribution in [3.63, 3.8) is 0 Å². The predicted molar refractivity (Wildman–Crippen MR) is 85.3 cm³/mol. The summed E-state index contributed by atoms with van der Waals surface area (Å²) in [6.45, 7) is 5.07. The van der Waals surface area contributed by atoms with E-state index in [0.717, 1.165) is 35.4 Å². The summed E-state index contributed by atoms with van der Waals surface area (Å²) in [5.74, 6) is 1.38. The Morgan fingerprint density at radius 1 is 1.30 bits per heavy atom. The molecule has 2 aromatic rings. The Hall–Kier alpha value is -1.13. The van der Waals surface area contributed by atoms with E-state index in [1.165, 1.54) is 23.8 Å². The first-order valence-electron chi connectivity index (χ1n) is 7.13. The van der Waals surface area contributed by atoms with Crippen LogP contribution in [0.2, 0.25) is 0 Å². The number of nitrogens with one attached hydrogen (secondary N) is 1. The smallest absolute Gasteiger partial charge is 0.222 e. The standard InChI is InChI=1S/C16H19BrN2O/c1-11-2-3-14(17)15-13(11)6-9-19-16(15)20-10-12-4-7-18-8-5-12/h2-3,6,9,12,18H,4-5,7-8,10H2,1H3. The lowest BCUT2D eigenvalue weighted by molar-refractivity contribution is 0.211. The van der Waals surface area contributed by atoms with E-state index >= 15 is 0 Å². The third-order valence-corrected chi connectivity index (χ3v) is 4.63. The summed E-state index contributed by atoms with van der Waals surface area (Å²) in [6.07, 6.45) is 4.20. The Labute approximate surface area is 127 Å². The highest BCUT2D eigenvalue weighted by molar-refractivity contribution is 9.10. The molecule has 0 bridgehead atoms. The first-order chi connectivity index (χ1) is 9.75. The zero-order valence-electron chi connectivity index (χ0n) is 11.7. The molecule has 106 valence electrons. The Bertz CT molecular complexity index is 609. The summed E-state index contributed by atoms with van der Waals surface area (Å²) >= 11 is 3.62. The first-order valence-corrected chi connectivity index (χ1v) is 7.92. The molecule has 1 aromatic carbocycles. The molecule has 3 rings (SSSR count). The monoisotopic (exact) mass is 334 g/mol. The van der Waals surface area contributed by atoms with E-state index in [1.807, 2.05) is 12.3 Å². The van der Waals surface area contributed by atoms with Gasteiger partial charge in [-0.1, -0.05) is 6.07 Å². The van der Waals surface area contributed by atoms with Gasteiger partial charge in [-0.05, 0) is 77.8 Å². The Kier molecular flexibility index (Phi) is 4.22. The van der Waals surface area contributed by atoms with Gasteiger partial charge in [-0.2, -0.15) is 0 Å². The molecule has 0 radical (unpaired) electrons. The van der Waals surface area contributed by atoms with Crippen LogP contribution in [0.25, 0.3) is 10.8 Å². The molecule has 0 aliphatic carbocycles. The molecule has 1 aliphatic heterocycles. The highest BCUT2D eigenvalue weighted by atomic mass is 79.9. The molecule has 2 heterocycles. The van der Waals surface area contributed by atoms with Crippen molar-refractivity contribution in [2.75, 3.05) is 19.7 Å². The van der Waals surface area contributed by atoms with E-state index in [1.54, 1.807) is 0 Å². The van der Waals surface area contributed by atoms with E-state index in [9.17, 15) is 0 Å². The minimum atomic E-state index is 0.636. The molecule has 0 saturated carbocycles. The van der Waals surface area contributed by atoms with E-state index in [4.69, 9.17) is 4.74 Å². The van der Waals surface area contributed by atoms with Crippen LogP contribution in [-0.4, -0.2) is 24.7 Å². The number of aromatic nitrogens is 1. The fraction of sp³-hybridized carbons (Fsp3) is 0.438. The summed E-state index contributed by atoms with van der Waals surface area (Å²) < 4.78 is 7.07. The zero-order chi connectivity index (χ0) is 13.9. The van der Waals surface area contributed by atoms with Gasteiger partial charge in [-0.25, -0.2) is 4.98 Å². The van der Waals surface area contributed by atoms with Crippen molar-refractivity contribution >= 4 is 26.7 Å². The SMILES string of the molecule is Cc1ccc(Br)c2c(OCC3CCNCC3)nccc12. The number of nitrogens with zero attached hydrogens (tertiary/aromatic N) is 1. The number of benzene rings is 1. The molecular weight excluding hydrogens is 316 g/mol. The second kappa shape index (κ2) is 6.10. The lowest BCUT2D eigenvalue weighted by atomic mass is 9.99. The molecule has 0 atom stereocenters. The third kappa shape index (κ3) is 2.81. The highest BCUT2D eigenvalue weighted by Crippen LogP contribution is 2.33. The number of aryl methyl sites for hydroxylation is 1. The molecule has 4 heteroatoms. The fourth-order valence-electron chi connectivity index (χ4n) is 2.73. The van der Waals surface area contributed by atoms with Crippen LogP contribution in [0.4, 0.5) is 0 Å². The molecule has 1 aromatic heterocycles. The van der Waals surface area contributed by atoms with Crippen molar-refractivity contribution in [3.8, 4) is 5.88 Å². The van der Waals surface area contributed by atoms with Crippen LogP contribution in [-0.2, 0) is 0 Å². The fourth-order valence-corrected chi connectivity index (χ4v) is 3.24. The molecule has 1 saturated heterocycles. The molecular formula is C16H19BrN2O. The topological polar surface area (TPSA) is 34.1 Å². The lowest BCUT2D eigenvalue weighted by Crippen LogP contribution is -2.30. The van der Waals surface area contributed by atoms with Crippen LogP contribution in [0.1, 0.15) is 18.4 Å². The molecule has 1 N–H and O–H groups in total. The zero-order valence-corrected chi connectivity index (χ0v) is 13.2. The van der Waals surface area contributed by atoms with Crippen LogP contribution < -0.4 is 10.1 Å². The number of rotatable bonds is 3. The maximum absolute atomic E-state index is 6.03. The number of ether oxygens (including phenoxy) is 1. The highest BCUT2D eigenvalue weighted by Gasteiger charge is 2.15. The van der Waals surface area contributed by atoms with Gasteiger partial charge in [0.2, 0.25) is 5.88 Å². The van der Waals surface area contributed by atoms with Crippen molar-refractivity contribution < 1.29 is 4.74 Å². The number of fused-ring (bicyclic) bond motifs is 1. The summed E-state index contributed by atoms with van der Waals surface area (Å²) in [7, 11) is 0. The van der Waals surface area contributed by atoms with Gasteiger partial charge in [0.1, 0.15) is 0 Å². The molecule has 0 spiro atoms. The normalized spacial score (nSPS) is 16.5. The predicted octanol–water partition coefficient (Wildman–Crippen LogP) is 3.68. The number of hydrogen-bond acceptors (Lipinski definition) is 3. The molecule has 0 unspecified atom stereocenters. The summed E-state index contributed by atoms with van der Waals surface area (Å²) in [6, 6.07) is 6.23. The van der Waals surface area contributed by atoms with Crippen LogP contribution in [0.5, 0.6) is 5.88 Å². The third-order valence-electron chi connectivity index (χ3n) is 3.97. The molecule has 1 fully saturated rings. The van der Waals surface area contributed by atoms with Crippen molar-refractivity contribution in [3.05, 3.63) is 34.4 Å². The molecule has 0 amide bonds. The molecule has 1 aliphatic rings. The van der Waals surface area contributed by atoms with Gasteiger partial charge in [-0.3, -0.25) is 0 Å². The largest absolute Gasteiger partial charge is 0.477 e.